The van der Waals surface area contributed by atoms with Crippen LogP contribution in [0, 0.1) is 0 Å². The molecule has 0 aliphatic heterocycles. The summed E-state index contributed by atoms with van der Waals surface area (Å²) >= 11 is 0. The molecule has 0 radical (unpaired) electrons. The molecule has 6 heteroatoms. The van der Waals surface area contributed by atoms with Crippen molar-refractivity contribution in [2.75, 3.05) is 33.9 Å². The Morgan fingerprint density at radius 1 is 1.65 bits per heavy atom. The van der Waals surface area contributed by atoms with Crippen LogP contribution in [0.5, 0.6) is 0 Å². The quantitative estimate of drug-likeness (QED) is 0.522. The van der Waals surface area contributed by atoms with Crippen molar-refractivity contribution < 1.29 is 4.74 Å². The zero-order valence-corrected chi connectivity index (χ0v) is 12.2. The van der Waals surface area contributed by atoms with Crippen LogP contribution in [0.4, 0.5) is 0 Å². The van der Waals surface area contributed by atoms with Crippen LogP contribution >= 0.6 is 0 Å². The molecule has 0 bridgehead atoms. The van der Waals surface area contributed by atoms with Crippen LogP contribution in [0.25, 0.3) is 5.57 Å². The van der Waals surface area contributed by atoms with Gasteiger partial charge in [-0.25, -0.2) is 0 Å². The number of nitrogens with zero attached hydrogens (tertiary/aromatic N) is 3. The van der Waals surface area contributed by atoms with Crippen LogP contribution in [-0.2, 0) is 11.3 Å². The van der Waals surface area contributed by atoms with Gasteiger partial charge in [-0.3, -0.25) is 10.1 Å². The second-order valence-corrected chi connectivity index (χ2v) is 4.43. The SMILES string of the molecule is C=N/C=C\C=C(/COC)c1n[nH]cc1CN(C)CCN. The lowest BCUT2D eigenvalue weighted by atomic mass is 10.1. The van der Waals surface area contributed by atoms with Crippen LogP contribution in [-0.4, -0.2) is 55.7 Å². The molecule has 20 heavy (non-hydrogen) atoms. The third-order valence-corrected chi connectivity index (χ3v) is 2.76. The molecule has 0 amide bonds. The van der Waals surface area contributed by atoms with Crippen molar-refractivity contribution in [3.05, 3.63) is 35.8 Å². The smallest absolute Gasteiger partial charge is 0.0948 e. The number of aliphatic imine (C=N–C) groups is 1. The average molecular weight is 277 g/mol. The predicted octanol–water partition coefficient (Wildman–Crippen LogP) is 1.04. The van der Waals surface area contributed by atoms with Crippen molar-refractivity contribution in [3.8, 4) is 0 Å². The number of nitrogens with two attached hydrogens (primary N) is 1. The molecule has 1 aromatic rings. The number of aromatic nitrogens is 2. The Morgan fingerprint density at radius 2 is 2.45 bits per heavy atom. The van der Waals surface area contributed by atoms with Gasteiger partial charge in [0, 0.05) is 50.3 Å². The van der Waals surface area contributed by atoms with Gasteiger partial charge in [0.15, 0.2) is 0 Å². The molecule has 6 nitrogen and oxygen atoms in total. The van der Waals surface area contributed by atoms with Gasteiger partial charge in [-0.2, -0.15) is 5.10 Å². The molecule has 0 saturated carbocycles. The Hall–Kier alpha value is -1.76. The minimum atomic E-state index is 0.486. The van der Waals surface area contributed by atoms with Gasteiger partial charge in [-0.05, 0) is 19.8 Å². The van der Waals surface area contributed by atoms with Crippen molar-refractivity contribution >= 4 is 12.3 Å². The Labute approximate surface area is 120 Å². The number of ether oxygens (including phenoxy) is 1. The number of H-pyrrole nitrogens is 1. The van der Waals surface area contributed by atoms with E-state index in [9.17, 15) is 0 Å². The molecule has 1 heterocycles. The molecular weight excluding hydrogens is 254 g/mol. The zero-order valence-electron chi connectivity index (χ0n) is 12.2. The highest BCUT2D eigenvalue weighted by atomic mass is 16.5. The third kappa shape index (κ3) is 5.08. The molecule has 0 fully saturated rings. The van der Waals surface area contributed by atoms with Gasteiger partial charge in [0.1, 0.15) is 0 Å². The van der Waals surface area contributed by atoms with Gasteiger partial charge in [0.05, 0.1) is 12.3 Å². The molecule has 0 atom stereocenters. The van der Waals surface area contributed by atoms with Gasteiger partial charge in [0.2, 0.25) is 0 Å². The third-order valence-electron chi connectivity index (χ3n) is 2.76. The van der Waals surface area contributed by atoms with E-state index in [0.717, 1.165) is 29.9 Å². The molecule has 0 saturated heterocycles. The highest BCUT2D eigenvalue weighted by Gasteiger charge is 2.12. The molecule has 0 spiro atoms. The number of rotatable bonds is 9. The predicted molar refractivity (Wildman–Crippen MR) is 82.5 cm³/mol. The second kappa shape index (κ2) is 9.19. The second-order valence-electron chi connectivity index (χ2n) is 4.43. The summed E-state index contributed by atoms with van der Waals surface area (Å²) in [5.74, 6) is 0. The molecule has 3 N–H and O–H groups in total. The number of hydrogen-bond acceptors (Lipinski definition) is 5. The maximum absolute atomic E-state index is 5.56. The molecule has 0 unspecified atom stereocenters. The van der Waals surface area contributed by atoms with E-state index in [-0.39, 0.29) is 0 Å². The summed E-state index contributed by atoms with van der Waals surface area (Å²) in [6.45, 7) is 6.16. The number of nitrogens with one attached hydrogen (secondary N) is 1. The molecule has 110 valence electrons. The fraction of sp³-hybridized carbons (Fsp3) is 0.429. The first-order chi connectivity index (χ1) is 9.72. The molecule has 0 aromatic carbocycles. The monoisotopic (exact) mass is 277 g/mol. The minimum Gasteiger partial charge on any atom is -0.380 e. The van der Waals surface area contributed by atoms with Crippen molar-refractivity contribution in [1.82, 2.24) is 15.1 Å². The van der Waals surface area contributed by atoms with E-state index in [1.165, 1.54) is 0 Å². The van der Waals surface area contributed by atoms with Crippen LogP contribution < -0.4 is 5.73 Å². The highest BCUT2D eigenvalue weighted by Crippen LogP contribution is 2.18. The fourth-order valence-electron chi connectivity index (χ4n) is 1.87. The standard InChI is InChI=1S/C14H23N5O/c1-16-7-4-5-12(11-20-3)14-13(9-17-18-14)10-19(2)8-6-15/h4-5,7,9H,1,6,8,10-11,15H2,2-3H3,(H,17,18)/b7-4-,12-5+. The summed E-state index contributed by atoms with van der Waals surface area (Å²) in [7, 11) is 3.70. The average Bonchev–Trinajstić information content (AvgIpc) is 2.86. The van der Waals surface area contributed by atoms with Gasteiger partial charge in [-0.1, -0.05) is 6.08 Å². The number of hydrogen-bond donors (Lipinski definition) is 2. The summed E-state index contributed by atoms with van der Waals surface area (Å²) in [4.78, 5) is 5.83. The maximum atomic E-state index is 5.56. The van der Waals surface area contributed by atoms with Crippen molar-refractivity contribution in [2.24, 2.45) is 10.7 Å². The summed E-state index contributed by atoms with van der Waals surface area (Å²) in [5.41, 5.74) is 8.58. The number of aromatic amines is 1. The van der Waals surface area contributed by atoms with E-state index in [0.29, 0.717) is 13.2 Å². The first kappa shape index (κ1) is 16.3. The normalized spacial score (nSPS) is 12.5. The Kier molecular flexibility index (Phi) is 7.49. The first-order valence-electron chi connectivity index (χ1n) is 6.45. The molecule has 1 aromatic heterocycles. The Morgan fingerprint density at radius 3 is 3.10 bits per heavy atom. The molecular formula is C14H23N5O. The van der Waals surface area contributed by atoms with Crippen LogP contribution in [0.1, 0.15) is 11.3 Å². The van der Waals surface area contributed by atoms with Crippen LogP contribution in [0.15, 0.2) is 29.5 Å². The van der Waals surface area contributed by atoms with Crippen LogP contribution in [0.3, 0.4) is 0 Å². The first-order valence-corrected chi connectivity index (χ1v) is 6.45. The largest absolute Gasteiger partial charge is 0.380 e. The molecule has 0 aliphatic carbocycles. The van der Waals surface area contributed by atoms with E-state index in [4.69, 9.17) is 10.5 Å². The summed E-state index contributed by atoms with van der Waals surface area (Å²) in [6, 6.07) is 0. The van der Waals surface area contributed by atoms with Gasteiger partial charge < -0.3 is 15.4 Å². The van der Waals surface area contributed by atoms with Crippen molar-refractivity contribution in [3.63, 3.8) is 0 Å². The highest BCUT2D eigenvalue weighted by molar-refractivity contribution is 5.67. The van der Waals surface area contributed by atoms with E-state index >= 15 is 0 Å². The summed E-state index contributed by atoms with van der Waals surface area (Å²) in [5, 5.41) is 7.23. The summed E-state index contributed by atoms with van der Waals surface area (Å²) < 4.78 is 5.23. The van der Waals surface area contributed by atoms with Gasteiger partial charge in [0.25, 0.3) is 0 Å². The fourth-order valence-corrected chi connectivity index (χ4v) is 1.87. The van der Waals surface area contributed by atoms with E-state index in [1.54, 1.807) is 13.3 Å². The summed E-state index contributed by atoms with van der Waals surface area (Å²) in [6.07, 6.45) is 7.29. The van der Waals surface area contributed by atoms with E-state index < -0.39 is 0 Å². The van der Waals surface area contributed by atoms with Crippen molar-refractivity contribution in [2.45, 2.75) is 6.54 Å². The number of allylic oxidation sites excluding steroid dienone is 2. The topological polar surface area (TPSA) is 79.5 Å². The molecule has 0 aliphatic rings. The van der Waals surface area contributed by atoms with Gasteiger partial charge in [-0.15, -0.1) is 0 Å². The number of likely N-dealkylation sites (N-methyl/N-ethyl adjacent to an activating group) is 1. The number of methoxy groups -OCH3 is 1. The van der Waals surface area contributed by atoms with Crippen molar-refractivity contribution in [1.29, 1.82) is 0 Å². The Balaban J connectivity index is 2.91. The van der Waals surface area contributed by atoms with E-state index in [2.05, 4.69) is 26.8 Å². The minimum absolute atomic E-state index is 0.486. The Bertz CT molecular complexity index is 464. The lowest BCUT2D eigenvalue weighted by Crippen LogP contribution is -2.25. The maximum Gasteiger partial charge on any atom is 0.0948 e. The zero-order chi connectivity index (χ0) is 14.8. The lowest BCUT2D eigenvalue weighted by molar-refractivity contribution is 0.239. The van der Waals surface area contributed by atoms with Crippen LogP contribution in [0.2, 0.25) is 0 Å². The van der Waals surface area contributed by atoms with E-state index in [1.807, 2.05) is 25.4 Å². The van der Waals surface area contributed by atoms with Gasteiger partial charge >= 0.3 is 0 Å². The molecule has 1 rings (SSSR count). The lowest BCUT2D eigenvalue weighted by Gasteiger charge is -2.15.